The smallest absolute Gasteiger partial charge is 0.222 e. The van der Waals surface area contributed by atoms with Gasteiger partial charge in [-0.3, -0.25) is 4.79 Å². The fraction of sp³-hybridized carbons (Fsp3) is 0.583. The van der Waals surface area contributed by atoms with Crippen LogP contribution in [0.4, 0.5) is 5.82 Å². The third-order valence-electron chi connectivity index (χ3n) is 3.22. The maximum atomic E-state index is 11.3. The molecule has 0 unspecified atom stereocenters. The highest BCUT2D eigenvalue weighted by Gasteiger charge is 2.34. The van der Waals surface area contributed by atoms with E-state index in [1.54, 1.807) is 6.07 Å². The average molecular weight is 250 g/mol. The molecule has 18 heavy (non-hydrogen) atoms. The molecule has 1 saturated heterocycles. The van der Waals surface area contributed by atoms with Crippen LogP contribution in [0.25, 0.3) is 0 Å². The lowest BCUT2D eigenvalue weighted by Crippen LogP contribution is -2.29. The van der Waals surface area contributed by atoms with Gasteiger partial charge in [-0.1, -0.05) is 6.92 Å². The Kier molecular flexibility index (Phi) is 3.64. The van der Waals surface area contributed by atoms with Gasteiger partial charge in [0, 0.05) is 19.2 Å². The Bertz CT molecular complexity index is 438. The molecule has 1 amide bonds. The average Bonchev–Trinajstić information content (AvgIpc) is 2.72. The van der Waals surface area contributed by atoms with E-state index in [4.69, 9.17) is 10.5 Å². The van der Waals surface area contributed by atoms with Crippen molar-refractivity contribution in [2.24, 2.45) is 17.6 Å². The van der Waals surface area contributed by atoms with E-state index >= 15 is 0 Å². The minimum Gasteiger partial charge on any atom is -0.478 e. The van der Waals surface area contributed by atoms with E-state index in [1.807, 2.05) is 18.7 Å². The molecule has 2 N–H and O–H groups in total. The number of hydrogen-bond donors (Lipinski definition) is 1. The Hall–Kier alpha value is -1.85. The molecule has 1 aromatic heterocycles. The zero-order valence-electron chi connectivity index (χ0n) is 10.7. The van der Waals surface area contributed by atoms with Crippen LogP contribution >= 0.6 is 0 Å². The Balaban J connectivity index is 2.13. The summed E-state index contributed by atoms with van der Waals surface area (Å²) in [5.74, 6) is 1.22. The molecule has 1 aliphatic rings. The first-order chi connectivity index (χ1) is 8.61. The summed E-state index contributed by atoms with van der Waals surface area (Å²) >= 11 is 0. The number of carbonyl (C=O) groups excluding carboxylic acids is 1. The minimum atomic E-state index is -0.246. The maximum absolute atomic E-state index is 11.3. The van der Waals surface area contributed by atoms with Crippen molar-refractivity contribution in [3.05, 3.63) is 12.4 Å². The third kappa shape index (κ3) is 2.52. The molecule has 6 heteroatoms. The molecule has 0 bridgehead atoms. The molecular weight excluding hydrogens is 232 g/mol. The van der Waals surface area contributed by atoms with E-state index in [0.717, 1.165) is 12.4 Å². The number of anilines is 1. The maximum Gasteiger partial charge on any atom is 0.222 e. The predicted molar refractivity (Wildman–Crippen MR) is 67.3 cm³/mol. The van der Waals surface area contributed by atoms with Crippen molar-refractivity contribution in [1.29, 1.82) is 0 Å². The van der Waals surface area contributed by atoms with Crippen molar-refractivity contribution >= 4 is 11.7 Å². The van der Waals surface area contributed by atoms with E-state index < -0.39 is 0 Å². The number of carbonyl (C=O) groups is 1. The standard InChI is InChI=1S/C12H18N4O2/c1-3-18-11-4-10(14-7-15-11)16-5-8(2)9(6-16)12(13)17/h4,7-9H,3,5-6H2,1-2H3,(H2,13,17)/t8-,9-/m1/s1. The van der Waals surface area contributed by atoms with Crippen LogP contribution in [0.15, 0.2) is 12.4 Å². The van der Waals surface area contributed by atoms with E-state index in [-0.39, 0.29) is 17.7 Å². The summed E-state index contributed by atoms with van der Waals surface area (Å²) in [5.41, 5.74) is 5.38. The summed E-state index contributed by atoms with van der Waals surface area (Å²) in [5, 5.41) is 0. The van der Waals surface area contributed by atoms with Gasteiger partial charge in [-0.25, -0.2) is 9.97 Å². The van der Waals surface area contributed by atoms with Gasteiger partial charge >= 0.3 is 0 Å². The van der Waals surface area contributed by atoms with Crippen molar-refractivity contribution in [2.75, 3.05) is 24.6 Å². The van der Waals surface area contributed by atoms with Gasteiger partial charge in [-0.05, 0) is 12.8 Å². The number of nitrogens with zero attached hydrogens (tertiary/aromatic N) is 3. The van der Waals surface area contributed by atoms with Crippen LogP contribution in [-0.4, -0.2) is 35.6 Å². The zero-order chi connectivity index (χ0) is 13.1. The second kappa shape index (κ2) is 5.20. The van der Waals surface area contributed by atoms with Crippen LogP contribution in [-0.2, 0) is 4.79 Å². The van der Waals surface area contributed by atoms with Gasteiger partial charge in [-0.2, -0.15) is 0 Å². The molecule has 1 fully saturated rings. The summed E-state index contributed by atoms with van der Waals surface area (Å²) in [7, 11) is 0. The SMILES string of the molecule is CCOc1cc(N2C[C@@H](C)[C@H](C(N)=O)C2)ncn1. The first-order valence-electron chi connectivity index (χ1n) is 6.11. The van der Waals surface area contributed by atoms with Crippen molar-refractivity contribution in [3.63, 3.8) is 0 Å². The van der Waals surface area contributed by atoms with Crippen LogP contribution in [0, 0.1) is 11.8 Å². The molecule has 0 radical (unpaired) electrons. The molecule has 2 atom stereocenters. The molecule has 6 nitrogen and oxygen atoms in total. The van der Waals surface area contributed by atoms with E-state index in [0.29, 0.717) is 19.0 Å². The molecule has 0 aliphatic carbocycles. The first kappa shape index (κ1) is 12.6. The molecule has 1 aliphatic heterocycles. The molecule has 2 rings (SSSR count). The van der Waals surface area contributed by atoms with Crippen LogP contribution in [0.5, 0.6) is 5.88 Å². The van der Waals surface area contributed by atoms with Gasteiger partial charge < -0.3 is 15.4 Å². The summed E-state index contributed by atoms with van der Waals surface area (Å²) in [6.45, 7) is 5.88. The zero-order valence-corrected chi connectivity index (χ0v) is 10.7. The summed E-state index contributed by atoms with van der Waals surface area (Å²) in [6, 6.07) is 1.79. The van der Waals surface area contributed by atoms with Gasteiger partial charge in [-0.15, -0.1) is 0 Å². The van der Waals surface area contributed by atoms with E-state index in [9.17, 15) is 4.79 Å². The first-order valence-corrected chi connectivity index (χ1v) is 6.11. The predicted octanol–water partition coefficient (Wildman–Crippen LogP) is 0.433. The van der Waals surface area contributed by atoms with E-state index in [1.165, 1.54) is 6.33 Å². The monoisotopic (exact) mass is 250 g/mol. The second-order valence-corrected chi connectivity index (χ2v) is 4.54. The fourth-order valence-electron chi connectivity index (χ4n) is 2.25. The lowest BCUT2D eigenvalue weighted by Gasteiger charge is -2.17. The molecule has 2 heterocycles. The lowest BCUT2D eigenvalue weighted by molar-refractivity contribution is -0.122. The highest BCUT2D eigenvalue weighted by atomic mass is 16.5. The summed E-state index contributed by atoms with van der Waals surface area (Å²) < 4.78 is 5.34. The molecule has 0 aromatic carbocycles. The van der Waals surface area contributed by atoms with Crippen LogP contribution in [0.3, 0.4) is 0 Å². The number of amides is 1. The molecule has 0 spiro atoms. The van der Waals surface area contributed by atoms with Gasteiger partial charge in [0.05, 0.1) is 12.5 Å². The van der Waals surface area contributed by atoms with Crippen molar-refractivity contribution in [3.8, 4) is 5.88 Å². The van der Waals surface area contributed by atoms with Gasteiger partial charge in [0.2, 0.25) is 11.8 Å². The highest BCUT2D eigenvalue weighted by molar-refractivity contribution is 5.78. The molecule has 0 saturated carbocycles. The molecular formula is C12H18N4O2. The van der Waals surface area contributed by atoms with Gasteiger partial charge in [0.15, 0.2) is 0 Å². The van der Waals surface area contributed by atoms with Crippen LogP contribution in [0.1, 0.15) is 13.8 Å². The van der Waals surface area contributed by atoms with Crippen molar-refractivity contribution < 1.29 is 9.53 Å². The van der Waals surface area contributed by atoms with Crippen LogP contribution < -0.4 is 15.4 Å². The van der Waals surface area contributed by atoms with Gasteiger partial charge in [0.1, 0.15) is 12.1 Å². The highest BCUT2D eigenvalue weighted by Crippen LogP contribution is 2.27. The third-order valence-corrected chi connectivity index (χ3v) is 3.22. The quantitative estimate of drug-likeness (QED) is 0.838. The van der Waals surface area contributed by atoms with E-state index in [2.05, 4.69) is 9.97 Å². The minimum absolute atomic E-state index is 0.115. The molecule has 1 aromatic rings. The van der Waals surface area contributed by atoms with Crippen LogP contribution in [0.2, 0.25) is 0 Å². The van der Waals surface area contributed by atoms with Gasteiger partial charge in [0.25, 0.3) is 0 Å². The Morgan fingerprint density at radius 2 is 2.33 bits per heavy atom. The normalized spacial score (nSPS) is 23.1. The van der Waals surface area contributed by atoms with Crippen molar-refractivity contribution in [2.45, 2.75) is 13.8 Å². The Labute approximate surface area is 106 Å². The number of hydrogen-bond acceptors (Lipinski definition) is 5. The topological polar surface area (TPSA) is 81.3 Å². The summed E-state index contributed by atoms with van der Waals surface area (Å²) in [6.07, 6.45) is 1.47. The lowest BCUT2D eigenvalue weighted by atomic mass is 9.98. The molecule has 98 valence electrons. The van der Waals surface area contributed by atoms with Crippen molar-refractivity contribution in [1.82, 2.24) is 9.97 Å². The number of primary amides is 1. The second-order valence-electron chi connectivity index (χ2n) is 4.54. The summed E-state index contributed by atoms with van der Waals surface area (Å²) in [4.78, 5) is 21.6. The Morgan fingerprint density at radius 3 is 2.94 bits per heavy atom. The fourth-order valence-corrected chi connectivity index (χ4v) is 2.25. The number of nitrogens with two attached hydrogens (primary N) is 1. The number of aromatic nitrogens is 2. The Morgan fingerprint density at radius 1 is 1.56 bits per heavy atom. The number of ether oxygens (including phenoxy) is 1. The number of rotatable bonds is 4. The largest absolute Gasteiger partial charge is 0.478 e.